The average molecular weight is 522 g/mol. The highest BCUT2D eigenvalue weighted by molar-refractivity contribution is 6.04. The summed E-state index contributed by atoms with van der Waals surface area (Å²) in [5.74, 6) is 2.49. The van der Waals surface area contributed by atoms with Crippen molar-refractivity contribution in [2.75, 3.05) is 42.7 Å². The van der Waals surface area contributed by atoms with Gasteiger partial charge in [-0.1, -0.05) is 12.2 Å². The number of hydrogen-bond acceptors (Lipinski definition) is 9. The summed E-state index contributed by atoms with van der Waals surface area (Å²) in [7, 11) is 9.18. The molecule has 3 aromatic rings. The molecule has 0 aromatic heterocycles. The predicted molar refractivity (Wildman–Crippen MR) is 146 cm³/mol. The Kier molecular flexibility index (Phi) is 9.59. The molecule has 0 saturated heterocycles. The van der Waals surface area contributed by atoms with Crippen LogP contribution in [-0.4, -0.2) is 59.8 Å². The predicted octanol–water partition coefficient (Wildman–Crippen LogP) is 5.59. The number of rotatable bonds is 12. The molecular weight excluding hydrogens is 490 g/mol. The fourth-order valence-corrected chi connectivity index (χ4v) is 3.76. The van der Waals surface area contributed by atoms with Crippen LogP contribution in [0.3, 0.4) is 0 Å². The lowest BCUT2D eigenvalue weighted by molar-refractivity contribution is 0.100. The van der Waals surface area contributed by atoms with Crippen molar-refractivity contribution in [2.24, 2.45) is 4.99 Å². The SMILES string of the molecule is COc1ccc(C(=O)CC=Nc2cc(/C=C\c3cc(OC)c(OC)c(OC)c3)cc(OC)c2OC)cc1O. The van der Waals surface area contributed by atoms with Crippen LogP contribution in [0.15, 0.2) is 47.5 Å². The summed E-state index contributed by atoms with van der Waals surface area (Å²) in [6.07, 6.45) is 5.28. The van der Waals surface area contributed by atoms with E-state index in [4.69, 9.17) is 28.4 Å². The van der Waals surface area contributed by atoms with Gasteiger partial charge in [0.15, 0.2) is 40.3 Å². The van der Waals surface area contributed by atoms with Gasteiger partial charge in [-0.3, -0.25) is 9.79 Å². The number of hydrogen-bond donors (Lipinski definition) is 1. The number of phenols is 1. The Balaban J connectivity index is 1.88. The fraction of sp³-hybridized carbons (Fsp3) is 0.241. The Hall–Kier alpha value is -4.66. The van der Waals surface area contributed by atoms with Crippen LogP contribution in [-0.2, 0) is 0 Å². The number of benzene rings is 3. The number of carbonyl (C=O) groups is 1. The quantitative estimate of drug-likeness (QED) is 0.187. The van der Waals surface area contributed by atoms with E-state index < -0.39 is 0 Å². The van der Waals surface area contributed by atoms with Gasteiger partial charge in [0.25, 0.3) is 0 Å². The first-order valence-corrected chi connectivity index (χ1v) is 11.6. The molecule has 0 atom stereocenters. The first kappa shape index (κ1) is 27.9. The van der Waals surface area contributed by atoms with Crippen molar-refractivity contribution in [3.8, 4) is 40.2 Å². The normalized spacial score (nSPS) is 11.0. The molecule has 1 N–H and O–H groups in total. The molecule has 0 heterocycles. The minimum atomic E-state index is -0.212. The number of phenolic OH excluding ortho intramolecular Hbond substituents is 1. The molecule has 0 saturated carbocycles. The summed E-state index contributed by atoms with van der Waals surface area (Å²) in [5, 5.41) is 9.95. The molecule has 0 fully saturated rings. The third-order valence-corrected chi connectivity index (χ3v) is 5.64. The maximum absolute atomic E-state index is 12.6. The van der Waals surface area contributed by atoms with Crippen LogP contribution in [0.4, 0.5) is 5.69 Å². The second kappa shape index (κ2) is 13.0. The van der Waals surface area contributed by atoms with E-state index in [1.54, 1.807) is 27.4 Å². The van der Waals surface area contributed by atoms with Gasteiger partial charge in [-0.15, -0.1) is 0 Å². The van der Waals surface area contributed by atoms with E-state index >= 15 is 0 Å². The van der Waals surface area contributed by atoms with Gasteiger partial charge in [-0.05, 0) is 53.6 Å². The zero-order chi connectivity index (χ0) is 27.7. The highest BCUT2D eigenvalue weighted by Gasteiger charge is 2.14. The summed E-state index contributed by atoms with van der Waals surface area (Å²) in [4.78, 5) is 17.1. The second-order valence-corrected chi connectivity index (χ2v) is 7.89. The lowest BCUT2D eigenvalue weighted by Crippen LogP contribution is -2.00. The van der Waals surface area contributed by atoms with E-state index in [0.29, 0.717) is 45.7 Å². The van der Waals surface area contributed by atoms with E-state index in [1.165, 1.54) is 39.7 Å². The largest absolute Gasteiger partial charge is 0.504 e. The second-order valence-electron chi connectivity index (χ2n) is 7.89. The fourth-order valence-electron chi connectivity index (χ4n) is 3.76. The van der Waals surface area contributed by atoms with Gasteiger partial charge in [-0.2, -0.15) is 0 Å². The first-order valence-electron chi connectivity index (χ1n) is 11.6. The Labute approximate surface area is 221 Å². The van der Waals surface area contributed by atoms with Gasteiger partial charge in [0, 0.05) is 18.2 Å². The third-order valence-electron chi connectivity index (χ3n) is 5.64. The van der Waals surface area contributed by atoms with Gasteiger partial charge in [0.2, 0.25) is 5.75 Å². The van der Waals surface area contributed by atoms with Crippen molar-refractivity contribution in [3.05, 3.63) is 59.2 Å². The number of methoxy groups -OCH3 is 6. The Morgan fingerprint density at radius 1 is 0.711 bits per heavy atom. The van der Waals surface area contributed by atoms with E-state index in [9.17, 15) is 9.90 Å². The molecule has 9 heteroatoms. The van der Waals surface area contributed by atoms with E-state index in [-0.39, 0.29) is 18.0 Å². The molecule has 3 rings (SSSR count). The van der Waals surface area contributed by atoms with Crippen molar-refractivity contribution in [1.82, 2.24) is 0 Å². The lowest BCUT2D eigenvalue weighted by Gasteiger charge is -2.13. The van der Waals surface area contributed by atoms with Gasteiger partial charge in [-0.25, -0.2) is 0 Å². The van der Waals surface area contributed by atoms with Crippen LogP contribution in [0.2, 0.25) is 0 Å². The molecule has 0 bridgehead atoms. The van der Waals surface area contributed by atoms with E-state index in [0.717, 1.165) is 11.1 Å². The molecule has 0 aliphatic rings. The molecule has 200 valence electrons. The molecule has 0 amide bonds. The zero-order valence-corrected chi connectivity index (χ0v) is 22.2. The summed E-state index contributed by atoms with van der Waals surface area (Å²) < 4.78 is 32.3. The molecule has 3 aromatic carbocycles. The van der Waals surface area contributed by atoms with Crippen molar-refractivity contribution in [1.29, 1.82) is 0 Å². The molecular formula is C29H31NO8. The Morgan fingerprint density at radius 2 is 1.24 bits per heavy atom. The summed E-state index contributed by atoms with van der Waals surface area (Å²) in [6, 6.07) is 11.8. The first-order chi connectivity index (χ1) is 18.4. The smallest absolute Gasteiger partial charge is 0.203 e. The number of ether oxygens (including phenoxy) is 6. The topological polar surface area (TPSA) is 105 Å². The van der Waals surface area contributed by atoms with Gasteiger partial charge >= 0.3 is 0 Å². The number of nitrogens with zero attached hydrogens (tertiary/aromatic N) is 1. The monoisotopic (exact) mass is 521 g/mol. The molecule has 0 spiro atoms. The standard InChI is InChI=1S/C29H31NO8/c1-33-24-10-9-20(17-23(24)32)22(31)11-12-30-21-13-18(14-25(34-2)28(21)37-5)7-8-19-15-26(35-3)29(38-6)27(16-19)36-4/h7-10,12-17,32H,11H2,1-6H3/b8-7-,30-12?. The third kappa shape index (κ3) is 6.36. The molecule has 9 nitrogen and oxygen atoms in total. The average Bonchev–Trinajstić information content (AvgIpc) is 2.94. The molecule has 38 heavy (non-hydrogen) atoms. The van der Waals surface area contributed by atoms with E-state index in [2.05, 4.69) is 4.99 Å². The van der Waals surface area contributed by atoms with Crippen molar-refractivity contribution < 1.29 is 38.3 Å². The van der Waals surface area contributed by atoms with Crippen LogP contribution in [0.25, 0.3) is 12.2 Å². The Bertz CT molecular complexity index is 1320. The van der Waals surface area contributed by atoms with Gasteiger partial charge in [0.1, 0.15) is 5.69 Å². The Morgan fingerprint density at radius 3 is 1.74 bits per heavy atom. The summed E-state index contributed by atoms with van der Waals surface area (Å²) >= 11 is 0. The maximum atomic E-state index is 12.6. The van der Waals surface area contributed by atoms with Crippen LogP contribution < -0.4 is 28.4 Å². The van der Waals surface area contributed by atoms with E-state index in [1.807, 2.05) is 36.4 Å². The van der Waals surface area contributed by atoms with Crippen LogP contribution in [0.1, 0.15) is 27.9 Å². The summed E-state index contributed by atoms with van der Waals surface area (Å²) in [6.45, 7) is 0. The number of aromatic hydroxyl groups is 1. The maximum Gasteiger partial charge on any atom is 0.203 e. The minimum absolute atomic E-state index is 0.0166. The highest BCUT2D eigenvalue weighted by atomic mass is 16.5. The minimum Gasteiger partial charge on any atom is -0.504 e. The number of Topliss-reactive ketones (excluding diaryl/α,β-unsaturated/α-hetero) is 1. The van der Waals surface area contributed by atoms with Crippen molar-refractivity contribution in [2.45, 2.75) is 6.42 Å². The van der Waals surface area contributed by atoms with Crippen molar-refractivity contribution >= 4 is 29.8 Å². The lowest BCUT2D eigenvalue weighted by atomic mass is 10.1. The molecule has 0 unspecified atom stereocenters. The number of carbonyl (C=O) groups excluding carboxylic acids is 1. The van der Waals surface area contributed by atoms with Crippen LogP contribution in [0, 0.1) is 0 Å². The van der Waals surface area contributed by atoms with Gasteiger partial charge < -0.3 is 33.5 Å². The highest BCUT2D eigenvalue weighted by Crippen LogP contribution is 2.40. The molecule has 0 aliphatic heterocycles. The van der Waals surface area contributed by atoms with Gasteiger partial charge in [0.05, 0.1) is 42.7 Å². The summed E-state index contributed by atoms with van der Waals surface area (Å²) in [5.41, 5.74) is 2.45. The van der Waals surface area contributed by atoms with Crippen LogP contribution in [0.5, 0.6) is 40.2 Å². The number of ketones is 1. The zero-order valence-electron chi connectivity index (χ0n) is 22.2. The molecule has 0 radical (unpaired) electrons. The van der Waals surface area contributed by atoms with Crippen LogP contribution >= 0.6 is 0 Å². The number of aliphatic imine (C=N–C) groups is 1. The molecule has 0 aliphatic carbocycles. The van der Waals surface area contributed by atoms with Crippen molar-refractivity contribution in [3.63, 3.8) is 0 Å².